The summed E-state index contributed by atoms with van der Waals surface area (Å²) < 4.78 is 0. The van der Waals surface area contributed by atoms with Crippen LogP contribution in [0.1, 0.15) is 34.1 Å². The monoisotopic (exact) mass is 196 g/mol. The van der Waals surface area contributed by atoms with Gasteiger partial charge in [0.25, 0.3) is 0 Å². The molecule has 0 amide bonds. The van der Waals surface area contributed by atoms with Crippen LogP contribution in [-0.4, -0.2) is 11.1 Å². The number of carboxylic acids is 1. The van der Waals surface area contributed by atoms with Gasteiger partial charge < -0.3 is 5.11 Å². The molecule has 0 saturated heterocycles. The van der Waals surface area contributed by atoms with Crippen molar-refractivity contribution in [3.05, 3.63) is 36.0 Å². The summed E-state index contributed by atoms with van der Waals surface area (Å²) in [5, 5.41) is 8.40. The summed E-state index contributed by atoms with van der Waals surface area (Å²) in [6.45, 7) is 11.5. The fourth-order valence-electron chi connectivity index (χ4n) is 0.599. The Bertz CT molecular complexity index is 235. The van der Waals surface area contributed by atoms with Crippen LogP contribution in [-0.2, 0) is 4.79 Å². The zero-order chi connectivity index (χ0) is 11.6. The zero-order valence-electron chi connectivity index (χ0n) is 9.50. The van der Waals surface area contributed by atoms with Crippen molar-refractivity contribution in [3.63, 3.8) is 0 Å². The van der Waals surface area contributed by atoms with E-state index in [0.29, 0.717) is 5.57 Å². The second-order valence-electron chi connectivity index (χ2n) is 2.59. The highest BCUT2D eigenvalue weighted by atomic mass is 16.4. The molecule has 0 radical (unpaired) electrons. The van der Waals surface area contributed by atoms with E-state index in [4.69, 9.17) is 5.11 Å². The van der Waals surface area contributed by atoms with Crippen LogP contribution in [0.3, 0.4) is 0 Å². The average molecular weight is 196 g/mol. The molecule has 0 aliphatic rings. The molecular formula is C12H20O2. The molecule has 2 heteroatoms. The second kappa shape index (κ2) is 9.78. The highest BCUT2D eigenvalue weighted by Gasteiger charge is 1.96. The van der Waals surface area contributed by atoms with E-state index in [1.54, 1.807) is 6.08 Å². The van der Waals surface area contributed by atoms with Gasteiger partial charge in [-0.05, 0) is 19.4 Å². The van der Waals surface area contributed by atoms with E-state index in [1.165, 1.54) is 0 Å². The molecule has 0 aromatic carbocycles. The Morgan fingerprint density at radius 1 is 1.36 bits per heavy atom. The quantitative estimate of drug-likeness (QED) is 0.698. The minimum atomic E-state index is -0.845. The van der Waals surface area contributed by atoms with Gasteiger partial charge in [0, 0.05) is 0 Å². The van der Waals surface area contributed by atoms with Crippen molar-refractivity contribution < 1.29 is 9.90 Å². The summed E-state index contributed by atoms with van der Waals surface area (Å²) in [6, 6.07) is 0. The lowest BCUT2D eigenvalue weighted by atomic mass is 10.1. The second-order valence-corrected chi connectivity index (χ2v) is 2.59. The first-order valence-electron chi connectivity index (χ1n) is 4.77. The number of hydrogen-bond acceptors (Lipinski definition) is 1. The minimum absolute atomic E-state index is 0.00743. The molecule has 0 aromatic rings. The molecule has 0 spiro atoms. The molecule has 0 fully saturated rings. The first-order valence-corrected chi connectivity index (χ1v) is 4.77. The van der Waals surface area contributed by atoms with Gasteiger partial charge in [-0.15, -0.1) is 0 Å². The smallest absolute Gasteiger partial charge is 0.307 e. The van der Waals surface area contributed by atoms with Crippen molar-refractivity contribution in [3.8, 4) is 0 Å². The Labute approximate surface area is 86.6 Å². The van der Waals surface area contributed by atoms with Gasteiger partial charge in [0.2, 0.25) is 0 Å². The van der Waals surface area contributed by atoms with Gasteiger partial charge in [-0.25, -0.2) is 0 Å². The van der Waals surface area contributed by atoms with E-state index in [0.717, 1.165) is 5.57 Å². The summed E-state index contributed by atoms with van der Waals surface area (Å²) >= 11 is 0. The van der Waals surface area contributed by atoms with Gasteiger partial charge >= 0.3 is 5.97 Å². The Balaban J connectivity index is 0. The lowest BCUT2D eigenvalue weighted by molar-refractivity contribution is -0.136. The van der Waals surface area contributed by atoms with E-state index in [1.807, 2.05) is 39.8 Å². The fourth-order valence-corrected chi connectivity index (χ4v) is 0.599. The molecule has 0 heterocycles. The summed E-state index contributed by atoms with van der Waals surface area (Å²) in [4.78, 5) is 10.2. The third-order valence-corrected chi connectivity index (χ3v) is 1.42. The number of aliphatic carboxylic acids is 1. The summed E-state index contributed by atoms with van der Waals surface area (Å²) in [6.07, 6.45) is 5.53. The predicted molar refractivity (Wildman–Crippen MR) is 61.3 cm³/mol. The molecule has 14 heavy (non-hydrogen) atoms. The molecule has 0 rings (SSSR count). The molecule has 0 aromatic heterocycles. The summed E-state index contributed by atoms with van der Waals surface area (Å²) in [5.74, 6) is -0.845. The highest BCUT2D eigenvalue weighted by Crippen LogP contribution is 2.02. The number of hydrogen-bond donors (Lipinski definition) is 1. The Morgan fingerprint density at radius 3 is 2.21 bits per heavy atom. The summed E-state index contributed by atoms with van der Waals surface area (Å²) in [7, 11) is 0. The lowest BCUT2D eigenvalue weighted by Crippen LogP contribution is -1.94. The van der Waals surface area contributed by atoms with Crippen molar-refractivity contribution >= 4 is 5.97 Å². The van der Waals surface area contributed by atoms with Crippen molar-refractivity contribution in [2.75, 3.05) is 0 Å². The summed E-state index contributed by atoms with van der Waals surface area (Å²) in [5.41, 5.74) is 1.71. The molecule has 0 bridgehead atoms. The molecule has 0 unspecified atom stereocenters. The fraction of sp³-hybridized carbons (Fsp3) is 0.417. The largest absolute Gasteiger partial charge is 0.481 e. The zero-order valence-corrected chi connectivity index (χ0v) is 9.50. The maximum Gasteiger partial charge on any atom is 0.307 e. The van der Waals surface area contributed by atoms with Gasteiger partial charge in [-0.2, -0.15) is 0 Å². The van der Waals surface area contributed by atoms with Gasteiger partial charge in [0.05, 0.1) is 6.42 Å². The number of carboxylic acid groups (broad SMARTS) is 1. The van der Waals surface area contributed by atoms with Gasteiger partial charge in [-0.3, -0.25) is 4.79 Å². The molecule has 80 valence electrons. The standard InChI is InChI=1S/C10H14O2.C2H6/c1-4-8(2)5-6-9(3)7-10(11)12;1-2/h4-6H,3,7H2,1-2H3,(H,11,12);1-2H3/b6-5-,8-4-;. The van der Waals surface area contributed by atoms with E-state index < -0.39 is 5.97 Å². The highest BCUT2D eigenvalue weighted by molar-refractivity contribution is 5.70. The number of rotatable bonds is 4. The number of carbonyl (C=O) groups is 1. The molecular weight excluding hydrogens is 176 g/mol. The SMILES string of the molecule is C=C(/C=C\C(C)=C/C)CC(=O)O.CC. The minimum Gasteiger partial charge on any atom is -0.481 e. The first-order chi connectivity index (χ1) is 6.56. The van der Waals surface area contributed by atoms with Crippen LogP contribution in [0, 0.1) is 0 Å². The van der Waals surface area contributed by atoms with Crippen molar-refractivity contribution in [2.45, 2.75) is 34.1 Å². The maximum atomic E-state index is 10.2. The van der Waals surface area contributed by atoms with Crippen LogP contribution in [0.25, 0.3) is 0 Å². The predicted octanol–water partition coefficient (Wildman–Crippen LogP) is 3.57. The van der Waals surface area contributed by atoms with Crippen LogP contribution < -0.4 is 0 Å². The Morgan fingerprint density at radius 2 is 1.86 bits per heavy atom. The van der Waals surface area contributed by atoms with Crippen LogP contribution in [0.15, 0.2) is 36.0 Å². The molecule has 0 aliphatic carbocycles. The maximum absolute atomic E-state index is 10.2. The van der Waals surface area contributed by atoms with E-state index in [9.17, 15) is 4.79 Å². The molecule has 2 nitrogen and oxygen atoms in total. The van der Waals surface area contributed by atoms with Crippen molar-refractivity contribution in [1.82, 2.24) is 0 Å². The molecule has 0 atom stereocenters. The number of allylic oxidation sites excluding steroid dienone is 4. The lowest BCUT2D eigenvalue weighted by Gasteiger charge is -1.93. The van der Waals surface area contributed by atoms with E-state index >= 15 is 0 Å². The topological polar surface area (TPSA) is 37.3 Å². The average Bonchev–Trinajstić information content (AvgIpc) is 2.16. The van der Waals surface area contributed by atoms with Crippen LogP contribution in [0.2, 0.25) is 0 Å². The van der Waals surface area contributed by atoms with Crippen LogP contribution in [0.4, 0.5) is 0 Å². The first kappa shape index (κ1) is 15.2. The molecule has 0 aliphatic heterocycles. The van der Waals surface area contributed by atoms with Crippen LogP contribution >= 0.6 is 0 Å². The normalized spacial score (nSPS) is 10.7. The Hall–Kier alpha value is -1.31. The third-order valence-electron chi connectivity index (χ3n) is 1.42. The van der Waals surface area contributed by atoms with Gasteiger partial charge in [-0.1, -0.05) is 44.2 Å². The Kier molecular flexibility index (Phi) is 10.6. The van der Waals surface area contributed by atoms with E-state index in [2.05, 4.69) is 6.58 Å². The molecule has 1 N–H and O–H groups in total. The van der Waals surface area contributed by atoms with Gasteiger partial charge in [0.1, 0.15) is 0 Å². The van der Waals surface area contributed by atoms with Crippen molar-refractivity contribution in [1.29, 1.82) is 0 Å². The molecule has 0 saturated carbocycles. The van der Waals surface area contributed by atoms with E-state index in [-0.39, 0.29) is 6.42 Å². The third kappa shape index (κ3) is 10.7. The van der Waals surface area contributed by atoms with Crippen molar-refractivity contribution in [2.24, 2.45) is 0 Å². The van der Waals surface area contributed by atoms with Gasteiger partial charge in [0.15, 0.2) is 0 Å². The van der Waals surface area contributed by atoms with Crippen LogP contribution in [0.5, 0.6) is 0 Å².